The zero-order chi connectivity index (χ0) is 13.8. The molecule has 1 aliphatic carbocycles. The van der Waals surface area contributed by atoms with Crippen LogP contribution in [-0.4, -0.2) is 36.6 Å². The average molecular weight is 254 g/mol. The molecule has 1 N–H and O–H groups in total. The van der Waals surface area contributed by atoms with Gasteiger partial charge in [-0.2, -0.15) is 0 Å². The Labute approximate surface area is 115 Å². The minimum atomic E-state index is 0.364. The summed E-state index contributed by atoms with van der Waals surface area (Å²) >= 11 is 0. The van der Waals surface area contributed by atoms with Crippen molar-refractivity contribution >= 4 is 0 Å². The quantitative estimate of drug-likeness (QED) is 0.713. The first-order valence-corrected chi connectivity index (χ1v) is 7.82. The van der Waals surface area contributed by atoms with E-state index in [0.717, 1.165) is 18.5 Å². The highest BCUT2D eigenvalue weighted by molar-refractivity contribution is 4.87. The summed E-state index contributed by atoms with van der Waals surface area (Å²) < 4.78 is 0. The van der Waals surface area contributed by atoms with E-state index in [1.54, 1.807) is 0 Å². The van der Waals surface area contributed by atoms with Crippen molar-refractivity contribution < 1.29 is 0 Å². The lowest BCUT2D eigenvalue weighted by Crippen LogP contribution is -2.43. The molecule has 0 saturated heterocycles. The summed E-state index contributed by atoms with van der Waals surface area (Å²) in [5, 5.41) is 3.66. The van der Waals surface area contributed by atoms with Crippen LogP contribution in [0.2, 0.25) is 0 Å². The van der Waals surface area contributed by atoms with E-state index in [2.05, 4.69) is 51.8 Å². The van der Waals surface area contributed by atoms with Crippen molar-refractivity contribution in [3.8, 4) is 0 Å². The Hall–Kier alpha value is -0.0800. The largest absolute Gasteiger partial charge is 0.314 e. The Bertz CT molecular complexity index is 226. The molecule has 1 atom stereocenters. The molecule has 108 valence electrons. The van der Waals surface area contributed by atoms with Gasteiger partial charge in [-0.1, -0.05) is 41.5 Å². The molecular weight excluding hydrogens is 220 g/mol. The van der Waals surface area contributed by atoms with Crippen molar-refractivity contribution in [2.24, 2.45) is 11.3 Å². The van der Waals surface area contributed by atoms with Crippen LogP contribution in [0.15, 0.2) is 0 Å². The van der Waals surface area contributed by atoms with Crippen molar-refractivity contribution in [2.75, 3.05) is 19.6 Å². The van der Waals surface area contributed by atoms with E-state index in [0.29, 0.717) is 11.5 Å². The van der Waals surface area contributed by atoms with Gasteiger partial charge in [0.25, 0.3) is 0 Å². The number of hydrogen-bond donors (Lipinski definition) is 1. The molecule has 1 rings (SSSR count). The summed E-state index contributed by atoms with van der Waals surface area (Å²) in [7, 11) is 0. The highest BCUT2D eigenvalue weighted by Crippen LogP contribution is 2.29. The van der Waals surface area contributed by atoms with Gasteiger partial charge in [-0.05, 0) is 43.7 Å². The molecule has 1 unspecified atom stereocenters. The van der Waals surface area contributed by atoms with Crippen LogP contribution < -0.4 is 5.32 Å². The van der Waals surface area contributed by atoms with Crippen LogP contribution in [0.4, 0.5) is 0 Å². The maximum Gasteiger partial charge on any atom is 0.0128 e. The first kappa shape index (κ1) is 16.0. The Kier molecular flexibility index (Phi) is 6.13. The molecule has 2 heteroatoms. The third-order valence-corrected chi connectivity index (χ3v) is 3.86. The van der Waals surface area contributed by atoms with Crippen molar-refractivity contribution in [3.63, 3.8) is 0 Å². The van der Waals surface area contributed by atoms with Gasteiger partial charge in [0, 0.05) is 18.6 Å². The second-order valence-corrected chi connectivity index (χ2v) is 7.38. The fourth-order valence-corrected chi connectivity index (χ4v) is 2.71. The molecule has 1 fully saturated rings. The van der Waals surface area contributed by atoms with Crippen molar-refractivity contribution in [3.05, 3.63) is 0 Å². The molecule has 1 saturated carbocycles. The lowest BCUT2D eigenvalue weighted by molar-refractivity contribution is 0.187. The molecule has 0 radical (unpaired) electrons. The summed E-state index contributed by atoms with van der Waals surface area (Å²) in [5.74, 6) is 0.790. The molecule has 0 aromatic heterocycles. The molecule has 2 nitrogen and oxygen atoms in total. The first-order chi connectivity index (χ1) is 8.34. The van der Waals surface area contributed by atoms with Gasteiger partial charge in [-0.3, -0.25) is 0 Å². The van der Waals surface area contributed by atoms with Gasteiger partial charge >= 0.3 is 0 Å². The van der Waals surface area contributed by atoms with Crippen molar-refractivity contribution in [1.82, 2.24) is 10.2 Å². The van der Waals surface area contributed by atoms with Crippen LogP contribution >= 0.6 is 0 Å². The van der Waals surface area contributed by atoms with E-state index in [4.69, 9.17) is 0 Å². The smallest absolute Gasteiger partial charge is 0.0128 e. The molecule has 0 heterocycles. The molecular formula is C16H34N2. The van der Waals surface area contributed by atoms with Gasteiger partial charge in [-0.25, -0.2) is 0 Å². The van der Waals surface area contributed by atoms with Crippen LogP contribution in [0.5, 0.6) is 0 Å². The molecule has 1 aliphatic rings. The molecule has 0 aromatic carbocycles. The highest BCUT2D eigenvalue weighted by Gasteiger charge is 2.31. The first-order valence-electron chi connectivity index (χ1n) is 7.82. The Morgan fingerprint density at radius 2 is 1.83 bits per heavy atom. The minimum absolute atomic E-state index is 0.364. The molecule has 0 amide bonds. The normalized spacial score (nSPS) is 18.7. The van der Waals surface area contributed by atoms with E-state index < -0.39 is 0 Å². The number of nitrogens with one attached hydrogen (secondary N) is 1. The van der Waals surface area contributed by atoms with Crippen molar-refractivity contribution in [1.29, 1.82) is 0 Å². The summed E-state index contributed by atoms with van der Waals surface area (Å²) in [5.41, 5.74) is 0.364. The van der Waals surface area contributed by atoms with Crippen LogP contribution in [-0.2, 0) is 0 Å². The molecule has 18 heavy (non-hydrogen) atoms. The predicted octanol–water partition coefficient (Wildman–Crippen LogP) is 3.52. The predicted molar refractivity (Wildman–Crippen MR) is 81.0 cm³/mol. The van der Waals surface area contributed by atoms with Gasteiger partial charge < -0.3 is 10.2 Å². The van der Waals surface area contributed by atoms with Gasteiger partial charge in [0.15, 0.2) is 0 Å². The lowest BCUT2D eigenvalue weighted by Gasteiger charge is -2.34. The standard InChI is InChI=1S/C16H34N2/c1-7-17-15(16(4,5)6)10-11-18(12-13(2)3)14-8-9-14/h13-15,17H,7-12H2,1-6H3. The summed E-state index contributed by atoms with van der Waals surface area (Å²) in [4.78, 5) is 2.72. The van der Waals surface area contributed by atoms with Crippen LogP contribution in [0, 0.1) is 11.3 Å². The monoisotopic (exact) mass is 254 g/mol. The topological polar surface area (TPSA) is 15.3 Å². The lowest BCUT2D eigenvalue weighted by atomic mass is 9.84. The van der Waals surface area contributed by atoms with Crippen LogP contribution in [0.25, 0.3) is 0 Å². The maximum absolute atomic E-state index is 3.66. The summed E-state index contributed by atoms with van der Waals surface area (Å²) in [6, 6.07) is 1.53. The van der Waals surface area contributed by atoms with Gasteiger partial charge in [0.1, 0.15) is 0 Å². The van der Waals surface area contributed by atoms with Crippen LogP contribution in [0.3, 0.4) is 0 Å². The van der Waals surface area contributed by atoms with Gasteiger partial charge in [0.2, 0.25) is 0 Å². The zero-order valence-corrected chi connectivity index (χ0v) is 13.4. The van der Waals surface area contributed by atoms with E-state index in [1.165, 1.54) is 32.4 Å². The zero-order valence-electron chi connectivity index (χ0n) is 13.4. The minimum Gasteiger partial charge on any atom is -0.314 e. The fourth-order valence-electron chi connectivity index (χ4n) is 2.71. The molecule has 0 aromatic rings. The van der Waals surface area contributed by atoms with Gasteiger partial charge in [0.05, 0.1) is 0 Å². The Morgan fingerprint density at radius 3 is 2.22 bits per heavy atom. The van der Waals surface area contributed by atoms with E-state index >= 15 is 0 Å². The maximum atomic E-state index is 3.66. The number of nitrogens with zero attached hydrogens (tertiary/aromatic N) is 1. The fraction of sp³-hybridized carbons (Fsp3) is 1.00. The van der Waals surface area contributed by atoms with E-state index in [9.17, 15) is 0 Å². The number of hydrogen-bond acceptors (Lipinski definition) is 2. The van der Waals surface area contributed by atoms with Gasteiger partial charge in [-0.15, -0.1) is 0 Å². The van der Waals surface area contributed by atoms with E-state index in [-0.39, 0.29) is 0 Å². The van der Waals surface area contributed by atoms with Crippen molar-refractivity contribution in [2.45, 2.75) is 72.9 Å². The SMILES string of the molecule is CCNC(CCN(CC(C)C)C1CC1)C(C)(C)C. The number of rotatable bonds is 8. The summed E-state index contributed by atoms with van der Waals surface area (Å²) in [6.45, 7) is 17.5. The Morgan fingerprint density at radius 1 is 1.22 bits per heavy atom. The van der Waals surface area contributed by atoms with Crippen LogP contribution in [0.1, 0.15) is 60.8 Å². The third-order valence-electron chi connectivity index (χ3n) is 3.86. The molecule has 0 spiro atoms. The summed E-state index contributed by atoms with van der Waals surface area (Å²) in [6.07, 6.45) is 4.13. The average Bonchev–Trinajstić information content (AvgIpc) is 3.03. The second-order valence-electron chi connectivity index (χ2n) is 7.38. The van der Waals surface area contributed by atoms with E-state index in [1.807, 2.05) is 0 Å². The highest BCUT2D eigenvalue weighted by atomic mass is 15.2. The molecule has 0 bridgehead atoms. The Balaban J connectivity index is 2.43. The second kappa shape index (κ2) is 6.91. The third kappa shape index (κ3) is 5.71. The molecule has 0 aliphatic heterocycles.